The summed E-state index contributed by atoms with van der Waals surface area (Å²) in [5.41, 5.74) is 2.08. The molecule has 110 valence electrons. The van der Waals surface area contributed by atoms with Gasteiger partial charge in [-0.1, -0.05) is 15.9 Å². The minimum atomic E-state index is -0.956. The molecule has 2 heterocycles. The Hall–Kier alpha value is -1.53. The van der Waals surface area contributed by atoms with Crippen LogP contribution in [-0.2, 0) is 4.79 Å². The lowest BCUT2D eigenvalue weighted by Crippen LogP contribution is -2.43. The van der Waals surface area contributed by atoms with Crippen molar-refractivity contribution in [1.29, 1.82) is 0 Å². The molecule has 0 saturated carbocycles. The van der Waals surface area contributed by atoms with Crippen LogP contribution in [0.1, 0.15) is 30.0 Å². The highest BCUT2D eigenvalue weighted by molar-refractivity contribution is 9.10. The molecule has 2 unspecified atom stereocenters. The second kappa shape index (κ2) is 5.35. The second-order valence-electron chi connectivity index (χ2n) is 5.27. The molecule has 0 bridgehead atoms. The van der Waals surface area contributed by atoms with Crippen molar-refractivity contribution in [2.75, 3.05) is 0 Å². The summed E-state index contributed by atoms with van der Waals surface area (Å²) in [5, 5.41) is 13.0. The molecule has 1 aromatic carbocycles. The number of pyridine rings is 1. The topological polar surface area (TPSA) is 62.2 Å². The fourth-order valence-corrected chi connectivity index (χ4v) is 3.21. The van der Waals surface area contributed by atoms with Gasteiger partial charge in [0.1, 0.15) is 12.0 Å². The number of aromatic nitrogens is 1. The Bertz CT molecular complexity index is 735. The molecule has 0 radical (unpaired) electrons. The first-order valence-corrected chi connectivity index (χ1v) is 7.49. The predicted molar refractivity (Wildman–Crippen MR) is 80.3 cm³/mol. The van der Waals surface area contributed by atoms with E-state index in [1.165, 1.54) is 6.07 Å². The molecular weight excluding hydrogens is 339 g/mol. The van der Waals surface area contributed by atoms with Crippen molar-refractivity contribution in [3.8, 4) is 0 Å². The van der Waals surface area contributed by atoms with Crippen LogP contribution in [0.15, 0.2) is 22.7 Å². The van der Waals surface area contributed by atoms with E-state index < -0.39 is 6.23 Å². The first kappa shape index (κ1) is 14.4. The van der Waals surface area contributed by atoms with Gasteiger partial charge in [0.2, 0.25) is 5.91 Å². The minimum Gasteiger partial charge on any atom is -0.373 e. The molecule has 21 heavy (non-hydrogen) atoms. The number of carbonyl (C=O) groups is 1. The van der Waals surface area contributed by atoms with Crippen LogP contribution in [0, 0.1) is 12.7 Å². The van der Waals surface area contributed by atoms with Gasteiger partial charge >= 0.3 is 0 Å². The molecule has 2 N–H and O–H groups in total. The number of hydrogen-bond acceptors (Lipinski definition) is 3. The Balaban J connectivity index is 2.11. The summed E-state index contributed by atoms with van der Waals surface area (Å²) in [6.45, 7) is 1.83. The van der Waals surface area contributed by atoms with Gasteiger partial charge in [-0.3, -0.25) is 9.78 Å². The number of aliphatic hydroxyl groups excluding tert-OH is 1. The van der Waals surface area contributed by atoms with Gasteiger partial charge in [0, 0.05) is 27.9 Å². The summed E-state index contributed by atoms with van der Waals surface area (Å²) in [6, 6.07) is 4.88. The molecule has 4 nitrogen and oxygen atoms in total. The van der Waals surface area contributed by atoms with E-state index in [4.69, 9.17) is 0 Å². The van der Waals surface area contributed by atoms with Crippen LogP contribution in [-0.4, -0.2) is 22.2 Å². The summed E-state index contributed by atoms with van der Waals surface area (Å²) in [6.07, 6.45) is -0.0796. The van der Waals surface area contributed by atoms with Crippen LogP contribution >= 0.6 is 15.9 Å². The number of benzene rings is 1. The number of hydrogen-bond donors (Lipinski definition) is 2. The molecule has 0 aliphatic carbocycles. The fourth-order valence-electron chi connectivity index (χ4n) is 2.79. The maximum atomic E-state index is 14.1. The predicted octanol–water partition coefficient (Wildman–Crippen LogP) is 2.76. The van der Waals surface area contributed by atoms with Crippen LogP contribution < -0.4 is 5.32 Å². The molecule has 3 rings (SSSR count). The van der Waals surface area contributed by atoms with E-state index in [-0.39, 0.29) is 17.6 Å². The quantitative estimate of drug-likeness (QED) is 0.829. The highest BCUT2D eigenvalue weighted by Gasteiger charge is 2.30. The third-order valence-electron chi connectivity index (χ3n) is 3.85. The number of carbonyl (C=O) groups excluding carboxylic acids is 1. The molecule has 6 heteroatoms. The van der Waals surface area contributed by atoms with Crippen molar-refractivity contribution in [2.45, 2.75) is 31.9 Å². The number of aryl methyl sites for hydroxylation is 1. The number of amides is 1. The Morgan fingerprint density at radius 3 is 2.90 bits per heavy atom. The lowest BCUT2D eigenvalue weighted by Gasteiger charge is -2.29. The van der Waals surface area contributed by atoms with Gasteiger partial charge in [-0.05, 0) is 37.1 Å². The molecule has 0 spiro atoms. The Morgan fingerprint density at radius 1 is 1.43 bits per heavy atom. The number of nitrogens with zero attached hydrogens (tertiary/aromatic N) is 1. The number of piperidine rings is 1. The van der Waals surface area contributed by atoms with Gasteiger partial charge in [0.15, 0.2) is 0 Å². The molecule has 1 saturated heterocycles. The zero-order chi connectivity index (χ0) is 15.1. The van der Waals surface area contributed by atoms with E-state index in [2.05, 4.69) is 26.2 Å². The molecule has 1 amide bonds. The van der Waals surface area contributed by atoms with E-state index in [1.54, 1.807) is 12.1 Å². The molecule has 1 aromatic heterocycles. The SMILES string of the molecule is Cc1nc2cc(Br)cc(F)c2cc1C1CCC(=O)NC1O. The standard InChI is InChI=1S/C15H14BrFN2O2/c1-7-10(9-2-3-14(20)19-15(9)21)6-11-12(17)4-8(16)5-13(11)18-7/h4-6,9,15,21H,2-3H2,1H3,(H,19,20). The van der Waals surface area contributed by atoms with Gasteiger partial charge in [-0.2, -0.15) is 0 Å². The Kier molecular flexibility index (Phi) is 3.67. The van der Waals surface area contributed by atoms with Crippen LogP contribution in [0.3, 0.4) is 0 Å². The van der Waals surface area contributed by atoms with Crippen molar-refractivity contribution in [3.05, 3.63) is 39.7 Å². The smallest absolute Gasteiger partial charge is 0.222 e. The normalized spacial score (nSPS) is 22.4. The van der Waals surface area contributed by atoms with Crippen molar-refractivity contribution in [3.63, 3.8) is 0 Å². The molecule has 2 aromatic rings. The van der Waals surface area contributed by atoms with Crippen molar-refractivity contribution in [1.82, 2.24) is 10.3 Å². The lowest BCUT2D eigenvalue weighted by molar-refractivity contribution is -0.127. The minimum absolute atomic E-state index is 0.166. The lowest BCUT2D eigenvalue weighted by atomic mass is 9.88. The van der Waals surface area contributed by atoms with Crippen molar-refractivity contribution in [2.24, 2.45) is 0 Å². The van der Waals surface area contributed by atoms with Crippen LogP contribution in [0.5, 0.6) is 0 Å². The van der Waals surface area contributed by atoms with Gasteiger partial charge in [0.25, 0.3) is 0 Å². The van der Waals surface area contributed by atoms with Crippen LogP contribution in [0.2, 0.25) is 0 Å². The van der Waals surface area contributed by atoms with Gasteiger partial charge < -0.3 is 10.4 Å². The van der Waals surface area contributed by atoms with E-state index in [1.807, 2.05) is 6.92 Å². The van der Waals surface area contributed by atoms with E-state index >= 15 is 0 Å². The monoisotopic (exact) mass is 352 g/mol. The maximum absolute atomic E-state index is 14.1. The zero-order valence-corrected chi connectivity index (χ0v) is 12.9. The van der Waals surface area contributed by atoms with E-state index in [0.717, 1.165) is 11.3 Å². The first-order valence-electron chi connectivity index (χ1n) is 6.69. The number of aliphatic hydroxyl groups is 1. The number of halogens is 2. The molecule has 1 aliphatic rings. The maximum Gasteiger partial charge on any atom is 0.222 e. The Labute approximate surface area is 129 Å². The average Bonchev–Trinajstić information content (AvgIpc) is 2.38. The molecule has 1 aliphatic heterocycles. The van der Waals surface area contributed by atoms with Gasteiger partial charge in [0.05, 0.1) is 5.52 Å². The Morgan fingerprint density at radius 2 is 2.19 bits per heavy atom. The summed E-state index contributed by atoms with van der Waals surface area (Å²) in [4.78, 5) is 15.7. The third-order valence-corrected chi connectivity index (χ3v) is 4.31. The average molecular weight is 353 g/mol. The van der Waals surface area contributed by atoms with Gasteiger partial charge in [-0.25, -0.2) is 4.39 Å². The van der Waals surface area contributed by atoms with E-state index in [0.29, 0.717) is 28.2 Å². The third kappa shape index (κ3) is 2.65. The molecule has 2 atom stereocenters. The summed E-state index contributed by atoms with van der Waals surface area (Å²) in [7, 11) is 0. The fraction of sp³-hybridized carbons (Fsp3) is 0.333. The summed E-state index contributed by atoms with van der Waals surface area (Å²) >= 11 is 3.25. The first-order chi connectivity index (χ1) is 9.95. The van der Waals surface area contributed by atoms with Crippen LogP contribution in [0.25, 0.3) is 10.9 Å². The summed E-state index contributed by atoms with van der Waals surface area (Å²) < 4.78 is 14.7. The van der Waals surface area contributed by atoms with Crippen LogP contribution in [0.4, 0.5) is 4.39 Å². The molecular formula is C15H14BrFN2O2. The van der Waals surface area contributed by atoms with Gasteiger partial charge in [-0.15, -0.1) is 0 Å². The highest BCUT2D eigenvalue weighted by Crippen LogP contribution is 2.32. The molecule has 1 fully saturated rings. The summed E-state index contributed by atoms with van der Waals surface area (Å²) in [5.74, 6) is -0.787. The largest absolute Gasteiger partial charge is 0.373 e. The zero-order valence-electron chi connectivity index (χ0n) is 11.4. The highest BCUT2D eigenvalue weighted by atomic mass is 79.9. The number of fused-ring (bicyclic) bond motifs is 1. The number of nitrogens with one attached hydrogen (secondary N) is 1. The van der Waals surface area contributed by atoms with Crippen molar-refractivity contribution < 1.29 is 14.3 Å². The second-order valence-corrected chi connectivity index (χ2v) is 6.19. The van der Waals surface area contributed by atoms with Crippen molar-refractivity contribution >= 4 is 32.7 Å². The number of rotatable bonds is 1. The van der Waals surface area contributed by atoms with E-state index in [9.17, 15) is 14.3 Å².